The highest BCUT2D eigenvalue weighted by Crippen LogP contribution is 2.51. The molecule has 2 atom stereocenters. The van der Waals surface area contributed by atoms with Crippen LogP contribution in [0, 0.1) is 17.0 Å². The maximum atomic E-state index is 15.5. The first-order valence-corrected chi connectivity index (χ1v) is 16.6. The first-order valence-electron chi connectivity index (χ1n) is 15.9. The highest BCUT2D eigenvalue weighted by atomic mass is 35.5. The molecule has 256 valence electrons. The van der Waals surface area contributed by atoms with Gasteiger partial charge in [0.15, 0.2) is 5.75 Å². The number of piperidine rings is 1. The third kappa shape index (κ3) is 7.03. The standard InChI is InChI=1S/C34H43Cl2F2N5O4/c1-20-16-43(32(45)47-33(3,4)5)21(2)15-42(20)31(39-6)23-13-25(36)28(22-12-24(35)27(38)14-26(22)37)30-29(23)41(19-44)17-34(18-46-30)8-10-40(7)11-9-34/h12-14,19-21H,8-11,15-18H2,1-7H3/t20?,21-/m1/s1. The van der Waals surface area contributed by atoms with Gasteiger partial charge in [-0.2, -0.15) is 0 Å². The number of carbonyl (C=O) groups excluding carboxylic acids is 2. The van der Waals surface area contributed by atoms with Crippen molar-refractivity contribution in [2.45, 2.75) is 65.1 Å². The van der Waals surface area contributed by atoms with E-state index in [4.69, 9.17) is 37.7 Å². The van der Waals surface area contributed by atoms with Crippen molar-refractivity contribution in [1.29, 1.82) is 0 Å². The van der Waals surface area contributed by atoms with Gasteiger partial charge in [-0.3, -0.25) is 9.79 Å². The summed E-state index contributed by atoms with van der Waals surface area (Å²) in [5.41, 5.74) is 0.0416. The number of benzene rings is 2. The van der Waals surface area contributed by atoms with Crippen LogP contribution in [0.5, 0.6) is 5.75 Å². The molecule has 1 unspecified atom stereocenters. The van der Waals surface area contributed by atoms with E-state index < -0.39 is 23.3 Å². The Morgan fingerprint density at radius 3 is 2.30 bits per heavy atom. The average molecular weight is 695 g/mol. The zero-order chi connectivity index (χ0) is 34.4. The second-order valence-electron chi connectivity index (χ2n) is 14.1. The van der Waals surface area contributed by atoms with Crippen molar-refractivity contribution in [3.63, 3.8) is 0 Å². The molecule has 2 aromatic rings. The fourth-order valence-corrected chi connectivity index (χ4v) is 7.23. The summed E-state index contributed by atoms with van der Waals surface area (Å²) < 4.78 is 42.0. The van der Waals surface area contributed by atoms with Gasteiger partial charge < -0.3 is 29.1 Å². The topological polar surface area (TPSA) is 77.9 Å². The molecule has 9 nitrogen and oxygen atoms in total. The molecule has 0 aliphatic carbocycles. The van der Waals surface area contributed by atoms with Gasteiger partial charge in [0.05, 0.1) is 22.3 Å². The van der Waals surface area contributed by atoms with Crippen molar-refractivity contribution in [1.82, 2.24) is 14.7 Å². The molecule has 47 heavy (non-hydrogen) atoms. The first-order chi connectivity index (χ1) is 22.1. The van der Waals surface area contributed by atoms with Crippen molar-refractivity contribution in [3.05, 3.63) is 45.4 Å². The number of amides is 2. The molecule has 1 spiro atoms. The summed E-state index contributed by atoms with van der Waals surface area (Å²) in [5, 5.41) is -0.149. The number of amidine groups is 1. The largest absolute Gasteiger partial charge is 0.490 e. The molecule has 3 heterocycles. The van der Waals surface area contributed by atoms with Gasteiger partial charge in [-0.05, 0) is 79.7 Å². The van der Waals surface area contributed by atoms with E-state index >= 15 is 4.39 Å². The van der Waals surface area contributed by atoms with Crippen LogP contribution in [0.4, 0.5) is 19.3 Å². The van der Waals surface area contributed by atoms with Gasteiger partial charge in [0.1, 0.15) is 23.1 Å². The highest BCUT2D eigenvalue weighted by molar-refractivity contribution is 6.35. The van der Waals surface area contributed by atoms with Gasteiger partial charge >= 0.3 is 6.09 Å². The van der Waals surface area contributed by atoms with Crippen molar-refractivity contribution >= 4 is 47.2 Å². The number of fused-ring (bicyclic) bond motifs is 1. The zero-order valence-corrected chi connectivity index (χ0v) is 29.5. The Bertz CT molecular complexity index is 1570. The summed E-state index contributed by atoms with van der Waals surface area (Å²) in [5.74, 6) is -1.04. The predicted octanol–water partition coefficient (Wildman–Crippen LogP) is 6.71. The Labute approximate surface area is 285 Å². The van der Waals surface area contributed by atoms with Gasteiger partial charge in [0.2, 0.25) is 6.41 Å². The van der Waals surface area contributed by atoms with E-state index in [1.807, 2.05) is 34.6 Å². The van der Waals surface area contributed by atoms with Crippen LogP contribution in [0.3, 0.4) is 0 Å². The molecular formula is C34H43Cl2F2N5O4. The molecule has 2 saturated heterocycles. The number of halogens is 4. The number of carbonyl (C=O) groups is 2. The number of ether oxygens (including phenoxy) is 2. The average Bonchev–Trinajstić information content (AvgIpc) is 3.15. The fourth-order valence-electron chi connectivity index (χ4n) is 6.77. The Hall–Kier alpha value is -3.15. The summed E-state index contributed by atoms with van der Waals surface area (Å²) >= 11 is 13.1. The van der Waals surface area contributed by atoms with Gasteiger partial charge in [-0.15, -0.1) is 0 Å². The van der Waals surface area contributed by atoms with E-state index in [9.17, 15) is 14.0 Å². The van der Waals surface area contributed by atoms with Crippen molar-refractivity contribution in [3.8, 4) is 16.9 Å². The number of hydrogen-bond acceptors (Lipinski definition) is 6. The third-order valence-corrected chi connectivity index (χ3v) is 9.90. The van der Waals surface area contributed by atoms with Crippen LogP contribution in [-0.4, -0.2) is 104 Å². The molecule has 0 aromatic heterocycles. The van der Waals surface area contributed by atoms with Gasteiger partial charge in [-0.1, -0.05) is 23.2 Å². The molecule has 3 aliphatic heterocycles. The lowest BCUT2D eigenvalue weighted by Crippen LogP contribution is -2.60. The highest BCUT2D eigenvalue weighted by Gasteiger charge is 2.43. The minimum atomic E-state index is -0.901. The molecule has 0 radical (unpaired) electrons. The molecule has 13 heteroatoms. The van der Waals surface area contributed by atoms with E-state index in [1.165, 1.54) is 6.07 Å². The van der Waals surface area contributed by atoms with Gasteiger partial charge in [-0.25, -0.2) is 13.6 Å². The van der Waals surface area contributed by atoms with E-state index in [0.717, 1.165) is 32.3 Å². The predicted molar refractivity (Wildman–Crippen MR) is 181 cm³/mol. The molecule has 2 aromatic carbocycles. The van der Waals surface area contributed by atoms with Crippen LogP contribution < -0.4 is 9.64 Å². The van der Waals surface area contributed by atoms with Crippen LogP contribution in [0.2, 0.25) is 10.0 Å². The second-order valence-corrected chi connectivity index (χ2v) is 14.9. The lowest BCUT2D eigenvalue weighted by atomic mass is 9.78. The summed E-state index contributed by atoms with van der Waals surface area (Å²) in [6.45, 7) is 12.5. The summed E-state index contributed by atoms with van der Waals surface area (Å²) in [6, 6.07) is 3.12. The second kappa shape index (κ2) is 13.4. The van der Waals surface area contributed by atoms with Gasteiger partial charge in [0.25, 0.3) is 0 Å². The lowest BCUT2D eigenvalue weighted by Gasteiger charge is -2.45. The van der Waals surface area contributed by atoms with E-state index in [2.05, 4.69) is 16.8 Å². The Balaban J connectivity index is 1.64. The smallest absolute Gasteiger partial charge is 0.410 e. The molecule has 0 N–H and O–H groups in total. The molecule has 2 amide bonds. The minimum Gasteiger partial charge on any atom is -0.490 e. The van der Waals surface area contributed by atoms with Crippen LogP contribution in [0.1, 0.15) is 53.0 Å². The number of piperazine rings is 1. The number of nitrogens with zero attached hydrogens (tertiary/aromatic N) is 5. The summed E-state index contributed by atoms with van der Waals surface area (Å²) in [6.07, 6.45) is 1.94. The third-order valence-electron chi connectivity index (χ3n) is 9.32. The number of rotatable bonds is 3. The monoisotopic (exact) mass is 693 g/mol. The maximum Gasteiger partial charge on any atom is 0.410 e. The van der Waals surface area contributed by atoms with Gasteiger partial charge in [0, 0.05) is 66.9 Å². The molecule has 2 fully saturated rings. The van der Waals surface area contributed by atoms with Crippen molar-refractivity contribution in [2.75, 3.05) is 58.3 Å². The van der Waals surface area contributed by atoms with E-state index in [0.29, 0.717) is 42.8 Å². The SMILES string of the molecule is CN=C(c1cc(Cl)c(-c2cc(Cl)c(F)cc2F)c2c1N(C=O)CC1(CCN(C)CC1)CO2)N1C[C@@H](C)N(C(=O)OC(C)(C)C)CC1C. The van der Waals surface area contributed by atoms with Crippen LogP contribution >= 0.6 is 23.2 Å². The Kier molecular flexibility index (Phi) is 10.0. The van der Waals surface area contributed by atoms with Crippen LogP contribution in [0.15, 0.2) is 23.2 Å². The normalized spacial score (nSPS) is 22.1. The van der Waals surface area contributed by atoms with E-state index in [-0.39, 0.29) is 51.0 Å². The Morgan fingerprint density at radius 2 is 1.68 bits per heavy atom. The summed E-state index contributed by atoms with van der Waals surface area (Å²) in [4.78, 5) is 38.4. The molecule has 0 bridgehead atoms. The molecule has 0 saturated carbocycles. The minimum absolute atomic E-state index is 0.0441. The van der Waals surface area contributed by atoms with Crippen molar-refractivity contribution < 1.29 is 27.8 Å². The number of hydrogen-bond donors (Lipinski definition) is 0. The molecular weight excluding hydrogens is 651 g/mol. The quantitative estimate of drug-likeness (QED) is 0.154. The lowest BCUT2D eigenvalue weighted by molar-refractivity contribution is -0.107. The Morgan fingerprint density at radius 1 is 1.04 bits per heavy atom. The number of anilines is 1. The number of aliphatic imine (C=N–C) groups is 1. The number of likely N-dealkylation sites (tertiary alicyclic amines) is 1. The van der Waals surface area contributed by atoms with Crippen LogP contribution in [0.25, 0.3) is 11.1 Å². The zero-order valence-electron chi connectivity index (χ0n) is 28.0. The first kappa shape index (κ1) is 35.2. The fraction of sp³-hybridized carbons (Fsp3) is 0.559. The summed E-state index contributed by atoms with van der Waals surface area (Å²) in [7, 11) is 3.71. The molecule has 5 rings (SSSR count). The molecule has 3 aliphatic rings. The van der Waals surface area contributed by atoms with E-state index in [1.54, 1.807) is 22.9 Å². The van der Waals surface area contributed by atoms with Crippen molar-refractivity contribution in [2.24, 2.45) is 10.4 Å². The van der Waals surface area contributed by atoms with Crippen LogP contribution in [-0.2, 0) is 9.53 Å². The maximum absolute atomic E-state index is 15.5.